The summed E-state index contributed by atoms with van der Waals surface area (Å²) in [4.78, 5) is 12.8. The number of methoxy groups -OCH3 is 1. The van der Waals surface area contributed by atoms with Crippen molar-refractivity contribution in [3.8, 4) is 0 Å². The Balaban J connectivity index is 1.48. The smallest absolute Gasteiger partial charge is 0.174 e. The minimum absolute atomic E-state index is 0.0630. The Morgan fingerprint density at radius 1 is 1.04 bits per heavy atom. The van der Waals surface area contributed by atoms with Crippen molar-refractivity contribution in [3.05, 3.63) is 0 Å². The standard InChI is InChI=1S/C22H34O4/c1-20-8-6-19-17(18(20)7-10-22(20)25-11-12-26-22)4-3-15-13-16(24-2)5-9-21(15,19)14-23/h14-19H,3-13H2,1-2H3/t15-,16-,17-,18-,19-,20-,21+/m0/s1/i14D. The first-order valence-corrected chi connectivity index (χ1v) is 10.8. The molecule has 5 fully saturated rings. The second-order valence-electron chi connectivity index (χ2n) is 9.87. The zero-order valence-electron chi connectivity index (χ0n) is 17.3. The van der Waals surface area contributed by atoms with Gasteiger partial charge < -0.3 is 19.0 Å². The maximum absolute atomic E-state index is 12.8. The molecule has 4 aliphatic carbocycles. The summed E-state index contributed by atoms with van der Waals surface area (Å²) in [5, 5.41) is 0. The van der Waals surface area contributed by atoms with Gasteiger partial charge in [-0.2, -0.15) is 0 Å². The molecule has 0 radical (unpaired) electrons. The van der Waals surface area contributed by atoms with Gasteiger partial charge in [0.2, 0.25) is 0 Å². The van der Waals surface area contributed by atoms with Crippen LogP contribution in [0.4, 0.5) is 0 Å². The number of aldehydes is 1. The highest BCUT2D eigenvalue weighted by Gasteiger charge is 2.67. The van der Waals surface area contributed by atoms with Crippen LogP contribution < -0.4 is 0 Å². The van der Waals surface area contributed by atoms with Gasteiger partial charge in [0.05, 0.1) is 19.3 Å². The Kier molecular flexibility index (Phi) is 3.82. The number of ether oxygens (including phenoxy) is 3. The summed E-state index contributed by atoms with van der Waals surface area (Å²) in [5.41, 5.74) is -0.361. The van der Waals surface area contributed by atoms with E-state index in [9.17, 15) is 4.79 Å². The van der Waals surface area contributed by atoms with E-state index in [1.165, 1.54) is 6.42 Å². The van der Waals surface area contributed by atoms with Crippen molar-refractivity contribution >= 4 is 6.26 Å². The molecule has 5 rings (SSSR count). The van der Waals surface area contributed by atoms with Crippen LogP contribution in [0.2, 0.25) is 0 Å². The number of carbonyl (C=O) groups is 1. The molecular weight excluding hydrogens is 328 g/mol. The van der Waals surface area contributed by atoms with E-state index in [1.54, 1.807) is 7.11 Å². The average Bonchev–Trinajstić information content (AvgIpc) is 3.27. The highest BCUT2D eigenvalue weighted by atomic mass is 16.7. The van der Waals surface area contributed by atoms with Crippen LogP contribution in [0.5, 0.6) is 0 Å². The molecule has 0 unspecified atom stereocenters. The summed E-state index contributed by atoms with van der Waals surface area (Å²) in [5.74, 6) is 1.42. The van der Waals surface area contributed by atoms with Crippen LogP contribution in [0, 0.1) is 34.5 Å². The quantitative estimate of drug-likeness (QED) is 0.697. The van der Waals surface area contributed by atoms with Crippen molar-refractivity contribution in [1.82, 2.24) is 0 Å². The van der Waals surface area contributed by atoms with E-state index >= 15 is 0 Å². The number of rotatable bonds is 2. The summed E-state index contributed by atoms with van der Waals surface area (Å²) >= 11 is 0. The monoisotopic (exact) mass is 363 g/mol. The third-order valence-corrected chi connectivity index (χ3v) is 9.42. The van der Waals surface area contributed by atoms with Gasteiger partial charge in [-0.15, -0.1) is 0 Å². The normalized spacial score (nSPS) is 52.8. The highest BCUT2D eigenvalue weighted by Crippen LogP contribution is 2.69. The van der Waals surface area contributed by atoms with Gasteiger partial charge in [0.25, 0.3) is 0 Å². The van der Waals surface area contributed by atoms with Crippen LogP contribution in [0.25, 0.3) is 0 Å². The summed E-state index contributed by atoms with van der Waals surface area (Å²) < 4.78 is 26.4. The van der Waals surface area contributed by atoms with Crippen LogP contribution >= 0.6 is 0 Å². The van der Waals surface area contributed by atoms with Gasteiger partial charge in [-0.05, 0) is 75.0 Å². The van der Waals surface area contributed by atoms with Crippen molar-refractivity contribution < 1.29 is 20.4 Å². The first-order valence-electron chi connectivity index (χ1n) is 11.3. The number of hydrogen-bond donors (Lipinski definition) is 0. The topological polar surface area (TPSA) is 44.8 Å². The first kappa shape index (κ1) is 16.5. The fourth-order valence-corrected chi connectivity index (χ4v) is 8.15. The fraction of sp³-hybridized carbons (Fsp3) is 0.955. The van der Waals surface area contributed by atoms with E-state index in [0.29, 0.717) is 36.9 Å². The summed E-state index contributed by atoms with van der Waals surface area (Å²) in [7, 11) is 1.79. The first-order chi connectivity index (χ1) is 13.0. The molecule has 1 spiro atoms. The van der Waals surface area contributed by atoms with Gasteiger partial charge in [0.1, 0.15) is 7.63 Å². The number of hydrogen-bond acceptors (Lipinski definition) is 4. The Bertz CT molecular complexity index is 617. The van der Waals surface area contributed by atoms with Crippen molar-refractivity contribution in [3.63, 3.8) is 0 Å². The van der Waals surface area contributed by atoms with Crippen LogP contribution in [0.15, 0.2) is 0 Å². The van der Waals surface area contributed by atoms with Crippen LogP contribution in [-0.4, -0.2) is 38.5 Å². The molecule has 0 bridgehead atoms. The van der Waals surface area contributed by atoms with Gasteiger partial charge in [-0.3, -0.25) is 0 Å². The second-order valence-corrected chi connectivity index (χ2v) is 9.87. The zero-order valence-corrected chi connectivity index (χ0v) is 16.3. The maximum Gasteiger partial charge on any atom is 0.174 e. The molecule has 146 valence electrons. The van der Waals surface area contributed by atoms with Crippen LogP contribution in [-0.2, 0) is 19.0 Å². The molecule has 0 aromatic rings. The molecule has 0 N–H and O–H groups in total. The Hall–Kier alpha value is -0.450. The molecule has 0 aromatic heterocycles. The largest absolute Gasteiger partial charge is 0.381 e. The molecule has 26 heavy (non-hydrogen) atoms. The molecule has 1 aliphatic heterocycles. The minimum atomic E-state index is -0.424. The van der Waals surface area contributed by atoms with Crippen LogP contribution in [0.3, 0.4) is 0 Å². The molecular formula is C22H34O4. The molecule has 5 aliphatic rings. The van der Waals surface area contributed by atoms with E-state index in [-0.39, 0.29) is 23.6 Å². The highest BCUT2D eigenvalue weighted by molar-refractivity contribution is 5.61. The van der Waals surface area contributed by atoms with E-state index in [0.717, 1.165) is 51.4 Å². The van der Waals surface area contributed by atoms with Gasteiger partial charge in [-0.25, -0.2) is 0 Å². The van der Waals surface area contributed by atoms with E-state index in [1.807, 2.05) is 0 Å². The lowest BCUT2D eigenvalue weighted by atomic mass is 9.44. The third kappa shape index (κ3) is 2.10. The molecule has 4 heteroatoms. The van der Waals surface area contributed by atoms with E-state index < -0.39 is 5.41 Å². The lowest BCUT2D eigenvalue weighted by Gasteiger charge is -2.60. The van der Waals surface area contributed by atoms with Crippen molar-refractivity contribution in [2.45, 2.75) is 76.6 Å². The van der Waals surface area contributed by atoms with Gasteiger partial charge in [0, 0.05) is 24.4 Å². The van der Waals surface area contributed by atoms with Crippen molar-refractivity contribution in [2.24, 2.45) is 34.5 Å². The van der Waals surface area contributed by atoms with Gasteiger partial charge in [-0.1, -0.05) is 6.92 Å². The zero-order chi connectivity index (χ0) is 18.9. The Labute approximate surface area is 158 Å². The van der Waals surface area contributed by atoms with Crippen molar-refractivity contribution in [1.29, 1.82) is 0 Å². The van der Waals surface area contributed by atoms with E-state index in [2.05, 4.69) is 6.92 Å². The summed E-state index contributed by atoms with van der Waals surface area (Å²) in [6.07, 6.45) is 9.23. The molecule has 1 saturated heterocycles. The molecule has 4 saturated carbocycles. The second kappa shape index (κ2) is 6.02. The Morgan fingerprint density at radius 2 is 1.81 bits per heavy atom. The number of carbonyl (C=O) groups excluding carboxylic acids is 1. The van der Waals surface area contributed by atoms with Gasteiger partial charge in [0.15, 0.2) is 5.79 Å². The molecule has 7 atom stereocenters. The minimum Gasteiger partial charge on any atom is -0.381 e. The molecule has 1 heterocycles. The molecule has 0 aromatic carbocycles. The maximum atomic E-state index is 12.8. The summed E-state index contributed by atoms with van der Waals surface area (Å²) in [6.45, 7) is 3.81. The molecule has 0 amide bonds. The van der Waals surface area contributed by atoms with Crippen LogP contribution in [0.1, 0.15) is 66.1 Å². The summed E-state index contributed by atoms with van der Waals surface area (Å²) in [6, 6.07) is 0. The predicted molar refractivity (Wildman–Crippen MR) is 97.5 cm³/mol. The van der Waals surface area contributed by atoms with Gasteiger partial charge >= 0.3 is 0 Å². The lowest BCUT2D eigenvalue weighted by molar-refractivity contribution is -0.247. The lowest BCUT2D eigenvalue weighted by Crippen LogP contribution is -2.58. The Morgan fingerprint density at radius 3 is 2.54 bits per heavy atom. The predicted octanol–water partition coefficient (Wildman–Crippen LogP) is 3.97. The van der Waals surface area contributed by atoms with E-state index in [4.69, 9.17) is 15.6 Å². The third-order valence-electron chi connectivity index (χ3n) is 9.42. The van der Waals surface area contributed by atoms with Crippen molar-refractivity contribution in [2.75, 3.05) is 20.3 Å². The molecule has 4 nitrogen and oxygen atoms in total. The fourth-order valence-electron chi connectivity index (χ4n) is 8.15. The SMILES string of the molecule is [2H]C(=O)[C@]12CC[C@H](OC)C[C@@H]1CC[C@@H]1[C@@H]2CC[C@@]2(C)[C@H]1CCC21OCCO1. The average molecular weight is 364 g/mol. The number of fused-ring (bicyclic) bond motifs is 6.